The Labute approximate surface area is 111 Å². The van der Waals surface area contributed by atoms with Gasteiger partial charge < -0.3 is 10.6 Å². The van der Waals surface area contributed by atoms with Crippen LogP contribution in [-0.2, 0) is 11.3 Å². The lowest BCUT2D eigenvalue weighted by molar-refractivity contribution is -0.123. The summed E-state index contributed by atoms with van der Waals surface area (Å²) in [7, 11) is 0. The summed E-state index contributed by atoms with van der Waals surface area (Å²) in [6, 6.07) is 0. The molecule has 2 N–H and O–H groups in total. The van der Waals surface area contributed by atoms with E-state index in [4.69, 9.17) is 0 Å². The molecule has 1 aliphatic heterocycles. The fourth-order valence-corrected chi connectivity index (χ4v) is 3.60. The van der Waals surface area contributed by atoms with E-state index < -0.39 is 0 Å². The molecule has 18 heavy (non-hydrogen) atoms. The zero-order chi connectivity index (χ0) is 12.6. The van der Waals surface area contributed by atoms with Gasteiger partial charge in [-0.25, -0.2) is 4.98 Å². The van der Waals surface area contributed by atoms with Gasteiger partial charge in [-0.2, -0.15) is 0 Å². The summed E-state index contributed by atoms with van der Waals surface area (Å²) in [6.45, 7) is 4.69. The number of nitrogens with one attached hydrogen (secondary N) is 2. The Morgan fingerprint density at radius 3 is 3.06 bits per heavy atom. The van der Waals surface area contributed by atoms with Gasteiger partial charge in [0, 0.05) is 11.3 Å². The standard InChI is InChI=1S/C13H19N3OS/c1-9-16-10(8-18-9)7-15-12(17)11-6-13(11)2-4-14-5-3-13/h8,11,14H,2-7H2,1H3,(H,15,17). The van der Waals surface area contributed by atoms with Gasteiger partial charge in [0.05, 0.1) is 17.2 Å². The quantitative estimate of drug-likeness (QED) is 0.870. The van der Waals surface area contributed by atoms with Crippen LogP contribution in [0, 0.1) is 18.3 Å². The van der Waals surface area contributed by atoms with Gasteiger partial charge in [0.1, 0.15) is 0 Å². The molecule has 5 heteroatoms. The molecular weight excluding hydrogens is 246 g/mol. The van der Waals surface area contributed by atoms with E-state index in [0.717, 1.165) is 43.1 Å². The molecule has 1 saturated heterocycles. The second-order valence-electron chi connectivity index (χ2n) is 5.44. The SMILES string of the molecule is Cc1nc(CNC(=O)C2CC23CCNCC3)cs1. The lowest BCUT2D eigenvalue weighted by Crippen LogP contribution is -2.33. The van der Waals surface area contributed by atoms with Crippen LogP contribution in [0.3, 0.4) is 0 Å². The molecule has 98 valence electrons. The van der Waals surface area contributed by atoms with E-state index >= 15 is 0 Å². The molecule has 1 saturated carbocycles. The number of hydrogen-bond acceptors (Lipinski definition) is 4. The van der Waals surface area contributed by atoms with Crippen molar-refractivity contribution in [3.63, 3.8) is 0 Å². The highest BCUT2D eigenvalue weighted by Gasteiger charge is 2.57. The molecule has 1 aromatic rings. The Bertz CT molecular complexity index is 451. The van der Waals surface area contributed by atoms with E-state index in [1.807, 2.05) is 12.3 Å². The number of carbonyl (C=O) groups is 1. The summed E-state index contributed by atoms with van der Waals surface area (Å²) in [6.07, 6.45) is 3.39. The molecule has 1 unspecified atom stereocenters. The maximum atomic E-state index is 12.1. The van der Waals surface area contributed by atoms with Gasteiger partial charge in [-0.15, -0.1) is 11.3 Å². The highest BCUT2D eigenvalue weighted by atomic mass is 32.1. The van der Waals surface area contributed by atoms with Crippen molar-refractivity contribution in [3.05, 3.63) is 16.1 Å². The third-order valence-electron chi connectivity index (χ3n) is 4.22. The number of thiazole rings is 1. The van der Waals surface area contributed by atoms with E-state index in [9.17, 15) is 4.79 Å². The van der Waals surface area contributed by atoms with E-state index in [1.54, 1.807) is 11.3 Å². The van der Waals surface area contributed by atoms with Crippen LogP contribution in [0.2, 0.25) is 0 Å². The van der Waals surface area contributed by atoms with E-state index in [1.165, 1.54) is 0 Å². The molecule has 1 spiro atoms. The number of hydrogen-bond donors (Lipinski definition) is 2. The largest absolute Gasteiger partial charge is 0.350 e. The van der Waals surface area contributed by atoms with Crippen molar-refractivity contribution in [3.8, 4) is 0 Å². The molecule has 0 aromatic carbocycles. The first-order valence-electron chi connectivity index (χ1n) is 6.59. The van der Waals surface area contributed by atoms with Gasteiger partial charge >= 0.3 is 0 Å². The molecule has 2 heterocycles. The number of carbonyl (C=O) groups excluding carboxylic acids is 1. The number of aromatic nitrogens is 1. The Hall–Kier alpha value is -0.940. The zero-order valence-corrected chi connectivity index (χ0v) is 11.5. The first kappa shape index (κ1) is 12.1. The number of aryl methyl sites for hydroxylation is 1. The van der Waals surface area contributed by atoms with Crippen LogP contribution in [0.15, 0.2) is 5.38 Å². The molecular formula is C13H19N3OS. The molecule has 4 nitrogen and oxygen atoms in total. The van der Waals surface area contributed by atoms with Crippen molar-refractivity contribution >= 4 is 17.2 Å². The van der Waals surface area contributed by atoms with Crippen LogP contribution < -0.4 is 10.6 Å². The van der Waals surface area contributed by atoms with Crippen molar-refractivity contribution < 1.29 is 4.79 Å². The first-order chi connectivity index (χ1) is 8.70. The lowest BCUT2D eigenvalue weighted by atomic mass is 9.92. The fraction of sp³-hybridized carbons (Fsp3) is 0.692. The molecule has 0 radical (unpaired) electrons. The Morgan fingerprint density at radius 1 is 1.61 bits per heavy atom. The minimum absolute atomic E-state index is 0.225. The molecule has 2 fully saturated rings. The number of rotatable bonds is 3. The van der Waals surface area contributed by atoms with Gasteiger partial charge in [-0.3, -0.25) is 4.79 Å². The minimum Gasteiger partial charge on any atom is -0.350 e. The Morgan fingerprint density at radius 2 is 2.39 bits per heavy atom. The van der Waals surface area contributed by atoms with Crippen LogP contribution in [0.1, 0.15) is 30.0 Å². The maximum Gasteiger partial charge on any atom is 0.224 e. The van der Waals surface area contributed by atoms with Gasteiger partial charge in [0.15, 0.2) is 0 Å². The predicted molar refractivity (Wildman–Crippen MR) is 71.3 cm³/mol. The Kier molecular flexibility index (Phi) is 3.11. The van der Waals surface area contributed by atoms with Crippen molar-refractivity contribution in [1.29, 1.82) is 0 Å². The maximum absolute atomic E-state index is 12.1. The van der Waals surface area contributed by atoms with Crippen LogP contribution in [0.25, 0.3) is 0 Å². The smallest absolute Gasteiger partial charge is 0.224 e. The molecule has 1 aromatic heterocycles. The normalized spacial score (nSPS) is 25.1. The van der Waals surface area contributed by atoms with Crippen LogP contribution in [-0.4, -0.2) is 24.0 Å². The number of nitrogens with zero attached hydrogens (tertiary/aromatic N) is 1. The van der Waals surface area contributed by atoms with E-state index in [2.05, 4.69) is 15.6 Å². The zero-order valence-electron chi connectivity index (χ0n) is 10.7. The summed E-state index contributed by atoms with van der Waals surface area (Å²) >= 11 is 1.63. The predicted octanol–water partition coefficient (Wildman–Crippen LogP) is 1.46. The summed E-state index contributed by atoms with van der Waals surface area (Å²) in [5.74, 6) is 0.474. The second-order valence-corrected chi connectivity index (χ2v) is 6.51. The monoisotopic (exact) mass is 265 g/mol. The number of amides is 1. The second kappa shape index (κ2) is 4.63. The summed E-state index contributed by atoms with van der Waals surface area (Å²) in [5.41, 5.74) is 1.30. The molecule has 1 atom stereocenters. The first-order valence-corrected chi connectivity index (χ1v) is 7.47. The van der Waals surface area contributed by atoms with Crippen molar-refractivity contribution in [1.82, 2.24) is 15.6 Å². The third kappa shape index (κ3) is 2.29. The summed E-state index contributed by atoms with van der Waals surface area (Å²) in [4.78, 5) is 16.5. The molecule has 2 aliphatic rings. The van der Waals surface area contributed by atoms with E-state index in [-0.39, 0.29) is 11.8 Å². The van der Waals surface area contributed by atoms with Crippen LogP contribution in [0.4, 0.5) is 0 Å². The van der Waals surface area contributed by atoms with Gasteiger partial charge in [0.25, 0.3) is 0 Å². The van der Waals surface area contributed by atoms with E-state index in [0.29, 0.717) is 12.0 Å². The molecule has 0 bridgehead atoms. The summed E-state index contributed by atoms with van der Waals surface area (Å²) in [5, 5.41) is 9.46. The topological polar surface area (TPSA) is 54.0 Å². The number of piperidine rings is 1. The lowest BCUT2D eigenvalue weighted by Gasteiger charge is -2.23. The molecule has 1 amide bonds. The van der Waals surface area contributed by atoms with Crippen molar-refractivity contribution in [2.75, 3.05) is 13.1 Å². The van der Waals surface area contributed by atoms with Crippen LogP contribution in [0.5, 0.6) is 0 Å². The fourth-order valence-electron chi connectivity index (χ4n) is 2.99. The van der Waals surface area contributed by atoms with Crippen molar-refractivity contribution in [2.45, 2.75) is 32.7 Å². The summed E-state index contributed by atoms with van der Waals surface area (Å²) < 4.78 is 0. The average Bonchev–Trinajstić information content (AvgIpc) is 2.89. The Balaban J connectivity index is 1.51. The average molecular weight is 265 g/mol. The van der Waals surface area contributed by atoms with Gasteiger partial charge in [0.2, 0.25) is 5.91 Å². The highest BCUT2D eigenvalue weighted by Crippen LogP contribution is 2.58. The van der Waals surface area contributed by atoms with Crippen molar-refractivity contribution in [2.24, 2.45) is 11.3 Å². The highest BCUT2D eigenvalue weighted by molar-refractivity contribution is 7.09. The minimum atomic E-state index is 0.225. The third-order valence-corrected chi connectivity index (χ3v) is 5.04. The molecule has 1 aliphatic carbocycles. The molecule has 3 rings (SSSR count). The van der Waals surface area contributed by atoms with Gasteiger partial charge in [-0.1, -0.05) is 0 Å². The van der Waals surface area contributed by atoms with Gasteiger partial charge in [-0.05, 0) is 44.7 Å². The van der Waals surface area contributed by atoms with Crippen LogP contribution >= 0.6 is 11.3 Å².